The van der Waals surface area contributed by atoms with Gasteiger partial charge >= 0.3 is 5.97 Å². The van der Waals surface area contributed by atoms with Crippen LogP contribution in [-0.4, -0.2) is 53.2 Å². The Labute approximate surface area is 165 Å². The number of ether oxygens (including phenoxy) is 1. The molecule has 0 bridgehead atoms. The van der Waals surface area contributed by atoms with E-state index in [9.17, 15) is 9.90 Å². The molecule has 0 saturated carbocycles. The van der Waals surface area contributed by atoms with E-state index < -0.39 is 5.97 Å². The third-order valence-corrected chi connectivity index (χ3v) is 6.28. The van der Waals surface area contributed by atoms with Gasteiger partial charge in [0.05, 0.1) is 7.11 Å². The number of piperidine rings is 1. The lowest BCUT2D eigenvalue weighted by Gasteiger charge is -2.45. The quantitative estimate of drug-likeness (QED) is 0.856. The third kappa shape index (κ3) is 3.56. The highest BCUT2D eigenvalue weighted by Gasteiger charge is 2.43. The molecule has 0 unspecified atom stereocenters. The number of aromatic carboxylic acids is 1. The Bertz CT molecular complexity index is 832. The van der Waals surface area contributed by atoms with E-state index in [1.807, 2.05) is 24.4 Å². The number of carboxylic acids is 1. The van der Waals surface area contributed by atoms with Gasteiger partial charge in [-0.1, -0.05) is 12.1 Å². The van der Waals surface area contributed by atoms with Gasteiger partial charge < -0.3 is 14.7 Å². The maximum absolute atomic E-state index is 11.5. The molecule has 1 aromatic heterocycles. The van der Waals surface area contributed by atoms with Gasteiger partial charge in [0, 0.05) is 31.4 Å². The van der Waals surface area contributed by atoms with Gasteiger partial charge in [0.2, 0.25) is 0 Å². The summed E-state index contributed by atoms with van der Waals surface area (Å²) < 4.78 is 5.19. The molecule has 1 N–H and O–H groups in total. The summed E-state index contributed by atoms with van der Waals surface area (Å²) in [7, 11) is 1.51. The Balaban J connectivity index is 1.47. The topological polar surface area (TPSA) is 65.9 Å². The zero-order valence-electron chi connectivity index (χ0n) is 16.3. The fraction of sp³-hybridized carbons (Fsp3) is 0.455. The van der Waals surface area contributed by atoms with Crippen LogP contribution in [0.2, 0.25) is 0 Å². The largest absolute Gasteiger partial charge is 0.496 e. The second-order valence-electron chi connectivity index (χ2n) is 7.76. The van der Waals surface area contributed by atoms with E-state index in [-0.39, 0.29) is 11.1 Å². The van der Waals surface area contributed by atoms with Crippen molar-refractivity contribution >= 4 is 11.8 Å². The van der Waals surface area contributed by atoms with Crippen LogP contribution in [0.25, 0.3) is 0 Å². The molecule has 6 nitrogen and oxygen atoms in total. The fourth-order valence-corrected chi connectivity index (χ4v) is 4.74. The summed E-state index contributed by atoms with van der Waals surface area (Å²) in [5.74, 6) is 0.526. The summed E-state index contributed by atoms with van der Waals surface area (Å²) in [4.78, 5) is 21.0. The summed E-state index contributed by atoms with van der Waals surface area (Å²) in [5, 5.41) is 9.46. The van der Waals surface area contributed by atoms with E-state index in [1.165, 1.54) is 20.0 Å². The minimum Gasteiger partial charge on any atom is -0.496 e. The number of methoxy groups -OCH3 is 1. The van der Waals surface area contributed by atoms with Crippen molar-refractivity contribution in [1.82, 2.24) is 9.88 Å². The molecule has 2 saturated heterocycles. The maximum atomic E-state index is 11.5. The van der Waals surface area contributed by atoms with Crippen molar-refractivity contribution in [3.8, 4) is 5.75 Å². The highest BCUT2D eigenvalue weighted by Crippen LogP contribution is 2.40. The van der Waals surface area contributed by atoms with Crippen molar-refractivity contribution in [3.63, 3.8) is 0 Å². The monoisotopic (exact) mass is 381 g/mol. The van der Waals surface area contributed by atoms with Crippen LogP contribution in [0, 0.1) is 0 Å². The Morgan fingerprint density at radius 3 is 2.68 bits per heavy atom. The molecule has 148 valence electrons. The normalized spacial score (nSPS) is 19.1. The number of hydrogen-bond acceptors (Lipinski definition) is 5. The van der Waals surface area contributed by atoms with Gasteiger partial charge in [0.1, 0.15) is 17.1 Å². The van der Waals surface area contributed by atoms with Gasteiger partial charge in [-0.25, -0.2) is 9.78 Å². The molecule has 1 aromatic carbocycles. The first-order valence-corrected chi connectivity index (χ1v) is 9.92. The number of hydrogen-bond donors (Lipinski definition) is 1. The molecule has 1 spiro atoms. The van der Waals surface area contributed by atoms with E-state index in [4.69, 9.17) is 4.74 Å². The van der Waals surface area contributed by atoms with Crippen LogP contribution in [0.3, 0.4) is 0 Å². The molecule has 2 aliphatic rings. The lowest BCUT2D eigenvalue weighted by atomic mass is 9.84. The molecule has 0 radical (unpaired) electrons. The molecule has 2 aromatic rings. The number of pyridine rings is 1. The Morgan fingerprint density at radius 2 is 2.00 bits per heavy atom. The van der Waals surface area contributed by atoms with E-state index >= 15 is 0 Å². The molecule has 3 heterocycles. The van der Waals surface area contributed by atoms with Crippen molar-refractivity contribution in [2.45, 2.75) is 37.8 Å². The SMILES string of the molecule is COc1ccc(CN2CCCC23CCN(c2ccccn2)CC3)cc1C(=O)O. The minimum absolute atomic E-state index is 0.217. The zero-order valence-corrected chi connectivity index (χ0v) is 16.3. The van der Waals surface area contributed by atoms with Crippen LogP contribution in [0.15, 0.2) is 42.6 Å². The van der Waals surface area contributed by atoms with Crippen molar-refractivity contribution < 1.29 is 14.6 Å². The number of nitrogens with zero attached hydrogens (tertiary/aromatic N) is 3. The number of carbonyl (C=O) groups is 1. The number of aromatic nitrogens is 1. The van der Waals surface area contributed by atoms with Gasteiger partial charge in [-0.15, -0.1) is 0 Å². The van der Waals surface area contributed by atoms with Gasteiger partial charge in [0.25, 0.3) is 0 Å². The molecule has 28 heavy (non-hydrogen) atoms. The van der Waals surface area contributed by atoms with E-state index in [0.29, 0.717) is 5.75 Å². The summed E-state index contributed by atoms with van der Waals surface area (Å²) >= 11 is 0. The molecule has 2 aliphatic heterocycles. The number of anilines is 1. The Kier molecular flexibility index (Phi) is 5.22. The van der Waals surface area contributed by atoms with Gasteiger partial charge in [-0.05, 0) is 62.1 Å². The predicted octanol–water partition coefficient (Wildman–Crippen LogP) is 3.42. The molecule has 6 heteroatoms. The van der Waals surface area contributed by atoms with Crippen LogP contribution in [0.4, 0.5) is 5.82 Å². The molecule has 0 atom stereocenters. The zero-order chi connectivity index (χ0) is 19.6. The molecular formula is C22H27N3O3. The third-order valence-electron chi connectivity index (χ3n) is 6.28. The molecular weight excluding hydrogens is 354 g/mol. The van der Waals surface area contributed by atoms with Crippen molar-refractivity contribution in [2.24, 2.45) is 0 Å². The van der Waals surface area contributed by atoms with Crippen LogP contribution < -0.4 is 9.64 Å². The number of carboxylic acid groups (broad SMARTS) is 1. The second kappa shape index (κ2) is 7.80. The van der Waals surface area contributed by atoms with Crippen LogP contribution in [0.5, 0.6) is 5.75 Å². The Morgan fingerprint density at radius 1 is 1.18 bits per heavy atom. The average Bonchev–Trinajstić information content (AvgIpc) is 3.10. The first kappa shape index (κ1) is 18.7. The van der Waals surface area contributed by atoms with Crippen molar-refractivity contribution in [3.05, 3.63) is 53.7 Å². The number of benzene rings is 1. The highest BCUT2D eigenvalue weighted by atomic mass is 16.5. The van der Waals surface area contributed by atoms with Crippen molar-refractivity contribution in [1.29, 1.82) is 0 Å². The highest BCUT2D eigenvalue weighted by molar-refractivity contribution is 5.91. The smallest absolute Gasteiger partial charge is 0.339 e. The fourth-order valence-electron chi connectivity index (χ4n) is 4.74. The Hall–Kier alpha value is -2.60. The van der Waals surface area contributed by atoms with E-state index in [0.717, 1.165) is 50.4 Å². The second-order valence-corrected chi connectivity index (χ2v) is 7.76. The van der Waals surface area contributed by atoms with Crippen molar-refractivity contribution in [2.75, 3.05) is 31.6 Å². The standard InChI is InChI=1S/C22H27N3O3/c1-28-19-7-6-17(15-18(19)21(26)27)16-25-12-4-8-22(25)9-13-24(14-10-22)20-5-2-3-11-23-20/h2-3,5-7,11,15H,4,8-10,12-14,16H2,1H3,(H,26,27). The van der Waals surface area contributed by atoms with E-state index in [2.05, 4.69) is 20.9 Å². The van der Waals surface area contributed by atoms with E-state index in [1.54, 1.807) is 12.1 Å². The lowest BCUT2D eigenvalue weighted by molar-refractivity contribution is 0.0692. The summed E-state index contributed by atoms with van der Waals surface area (Å²) in [5.41, 5.74) is 1.49. The summed E-state index contributed by atoms with van der Waals surface area (Å²) in [6, 6.07) is 11.6. The number of likely N-dealkylation sites (tertiary alicyclic amines) is 1. The molecule has 0 amide bonds. The van der Waals surface area contributed by atoms with Gasteiger partial charge in [0.15, 0.2) is 0 Å². The van der Waals surface area contributed by atoms with Crippen LogP contribution >= 0.6 is 0 Å². The summed E-state index contributed by atoms with van der Waals surface area (Å²) in [6.07, 6.45) is 6.50. The van der Waals surface area contributed by atoms with Crippen LogP contribution in [0.1, 0.15) is 41.6 Å². The molecule has 0 aliphatic carbocycles. The number of rotatable bonds is 5. The summed E-state index contributed by atoms with van der Waals surface area (Å²) in [6.45, 7) is 3.87. The molecule has 2 fully saturated rings. The minimum atomic E-state index is -0.946. The predicted molar refractivity (Wildman–Crippen MR) is 108 cm³/mol. The first-order chi connectivity index (χ1) is 13.6. The van der Waals surface area contributed by atoms with Gasteiger partial charge in [-0.2, -0.15) is 0 Å². The first-order valence-electron chi connectivity index (χ1n) is 9.92. The lowest BCUT2D eigenvalue weighted by Crippen LogP contribution is -2.52. The maximum Gasteiger partial charge on any atom is 0.339 e. The van der Waals surface area contributed by atoms with Crippen LogP contribution in [-0.2, 0) is 6.54 Å². The van der Waals surface area contributed by atoms with Gasteiger partial charge in [-0.3, -0.25) is 4.90 Å². The average molecular weight is 381 g/mol. The molecule has 4 rings (SSSR count).